The number of hydrogen-bond donors (Lipinski definition) is 2. The van der Waals surface area contributed by atoms with Gasteiger partial charge in [-0.3, -0.25) is 4.79 Å². The van der Waals surface area contributed by atoms with Crippen LogP contribution in [0.2, 0.25) is 0 Å². The molecule has 1 atom stereocenters. The van der Waals surface area contributed by atoms with Crippen LogP contribution in [0.1, 0.15) is 48.9 Å². The van der Waals surface area contributed by atoms with Gasteiger partial charge in [-0.1, -0.05) is 106 Å². The second kappa shape index (κ2) is 9.61. The van der Waals surface area contributed by atoms with Crippen LogP contribution in [-0.4, -0.2) is 23.0 Å². The normalized spacial score (nSPS) is 12.4. The van der Waals surface area contributed by atoms with E-state index in [2.05, 4.69) is 26.1 Å². The van der Waals surface area contributed by atoms with E-state index in [-0.39, 0.29) is 17.7 Å². The van der Waals surface area contributed by atoms with Crippen molar-refractivity contribution in [3.8, 4) is 0 Å². The van der Waals surface area contributed by atoms with Crippen LogP contribution in [0, 0.1) is 0 Å². The molecule has 0 bridgehead atoms. The number of benzene rings is 3. The summed E-state index contributed by atoms with van der Waals surface area (Å²) >= 11 is 0. The molecule has 0 saturated carbocycles. The van der Waals surface area contributed by atoms with E-state index in [4.69, 9.17) is 0 Å². The SMILES string of the molecule is CC(C)(C)c1ccc(C[C@H](NC(=O)C(c2ccccc2)c2ccccc2)C(=O)O)cc1. The Morgan fingerprint density at radius 3 is 1.71 bits per heavy atom. The first kappa shape index (κ1) is 22.3. The van der Waals surface area contributed by atoms with Crippen LogP contribution in [0.25, 0.3) is 0 Å². The molecule has 0 saturated heterocycles. The highest BCUT2D eigenvalue weighted by Gasteiger charge is 2.28. The summed E-state index contributed by atoms with van der Waals surface area (Å²) in [6, 6.07) is 25.8. The van der Waals surface area contributed by atoms with E-state index in [1.54, 1.807) is 0 Å². The smallest absolute Gasteiger partial charge is 0.326 e. The topological polar surface area (TPSA) is 66.4 Å². The van der Waals surface area contributed by atoms with Crippen LogP contribution in [0.5, 0.6) is 0 Å². The molecule has 4 heteroatoms. The highest BCUT2D eigenvalue weighted by atomic mass is 16.4. The molecule has 2 N–H and O–H groups in total. The second-order valence-corrected chi connectivity index (χ2v) is 8.80. The first-order valence-electron chi connectivity index (χ1n) is 10.5. The van der Waals surface area contributed by atoms with Crippen molar-refractivity contribution in [2.75, 3.05) is 0 Å². The number of carboxylic acids is 1. The molecule has 0 radical (unpaired) electrons. The maximum Gasteiger partial charge on any atom is 0.326 e. The molecule has 3 rings (SSSR count). The molecule has 3 aromatic rings. The average molecular weight is 416 g/mol. The highest BCUT2D eigenvalue weighted by molar-refractivity contribution is 5.90. The largest absolute Gasteiger partial charge is 0.480 e. The monoisotopic (exact) mass is 415 g/mol. The number of hydrogen-bond acceptors (Lipinski definition) is 2. The molecular weight excluding hydrogens is 386 g/mol. The second-order valence-electron chi connectivity index (χ2n) is 8.80. The van der Waals surface area contributed by atoms with E-state index >= 15 is 0 Å². The van der Waals surface area contributed by atoms with Crippen LogP contribution < -0.4 is 5.32 Å². The molecule has 0 aromatic heterocycles. The van der Waals surface area contributed by atoms with Gasteiger partial charge in [-0.25, -0.2) is 4.79 Å². The molecule has 160 valence electrons. The molecule has 1 amide bonds. The van der Waals surface area contributed by atoms with Crippen LogP contribution in [0.15, 0.2) is 84.9 Å². The summed E-state index contributed by atoms with van der Waals surface area (Å²) in [7, 11) is 0. The van der Waals surface area contributed by atoms with Crippen LogP contribution in [0.4, 0.5) is 0 Å². The average Bonchev–Trinajstić information content (AvgIpc) is 2.75. The van der Waals surface area contributed by atoms with Gasteiger partial charge in [-0.2, -0.15) is 0 Å². The third kappa shape index (κ3) is 5.82. The number of rotatable bonds is 7. The quantitative estimate of drug-likeness (QED) is 0.575. The predicted octanol–water partition coefficient (Wildman–Crippen LogP) is 4.93. The number of amides is 1. The number of aliphatic carboxylic acids is 1. The lowest BCUT2D eigenvalue weighted by molar-refractivity contribution is -0.141. The fourth-order valence-electron chi connectivity index (χ4n) is 3.62. The summed E-state index contributed by atoms with van der Waals surface area (Å²) < 4.78 is 0. The predicted molar refractivity (Wildman–Crippen MR) is 123 cm³/mol. The van der Waals surface area contributed by atoms with E-state index < -0.39 is 17.9 Å². The van der Waals surface area contributed by atoms with Crippen molar-refractivity contribution in [3.63, 3.8) is 0 Å². The van der Waals surface area contributed by atoms with Gasteiger partial charge in [0.05, 0.1) is 5.92 Å². The zero-order valence-electron chi connectivity index (χ0n) is 18.2. The summed E-state index contributed by atoms with van der Waals surface area (Å²) in [5.74, 6) is -1.95. The third-order valence-corrected chi connectivity index (χ3v) is 5.40. The Morgan fingerprint density at radius 2 is 1.29 bits per heavy atom. The first-order valence-corrected chi connectivity index (χ1v) is 10.5. The molecule has 31 heavy (non-hydrogen) atoms. The number of carbonyl (C=O) groups is 2. The van der Waals surface area contributed by atoms with Gasteiger partial charge in [0.25, 0.3) is 0 Å². The van der Waals surface area contributed by atoms with Gasteiger partial charge in [0, 0.05) is 6.42 Å². The molecule has 0 aliphatic heterocycles. The Hall–Kier alpha value is -3.40. The van der Waals surface area contributed by atoms with Crippen molar-refractivity contribution in [2.24, 2.45) is 0 Å². The van der Waals surface area contributed by atoms with Gasteiger partial charge in [-0.15, -0.1) is 0 Å². The summed E-state index contributed by atoms with van der Waals surface area (Å²) in [6.07, 6.45) is 0.224. The van der Waals surface area contributed by atoms with Crippen molar-refractivity contribution >= 4 is 11.9 Å². The number of nitrogens with one attached hydrogen (secondary N) is 1. The minimum atomic E-state index is -1.05. The Kier molecular flexibility index (Phi) is 6.91. The molecule has 0 unspecified atom stereocenters. The van der Waals surface area contributed by atoms with Crippen LogP contribution in [-0.2, 0) is 21.4 Å². The van der Waals surface area contributed by atoms with Crippen molar-refractivity contribution in [3.05, 3.63) is 107 Å². The number of carbonyl (C=O) groups excluding carboxylic acids is 1. The van der Waals surface area contributed by atoms with Crippen LogP contribution >= 0.6 is 0 Å². The van der Waals surface area contributed by atoms with Gasteiger partial charge < -0.3 is 10.4 Å². The Balaban J connectivity index is 1.82. The fraction of sp³-hybridized carbons (Fsp3) is 0.259. The summed E-state index contributed by atoms with van der Waals surface area (Å²) in [5, 5.41) is 12.5. The van der Waals surface area contributed by atoms with E-state index in [0.717, 1.165) is 16.7 Å². The van der Waals surface area contributed by atoms with E-state index in [9.17, 15) is 14.7 Å². The molecule has 0 fully saturated rings. The molecule has 0 spiro atoms. The number of carboxylic acid groups (broad SMARTS) is 1. The zero-order chi connectivity index (χ0) is 22.4. The maximum absolute atomic E-state index is 13.3. The van der Waals surface area contributed by atoms with Gasteiger partial charge in [0.15, 0.2) is 0 Å². The van der Waals surface area contributed by atoms with Crippen LogP contribution in [0.3, 0.4) is 0 Å². The minimum Gasteiger partial charge on any atom is -0.480 e. The van der Waals surface area contributed by atoms with E-state index in [1.807, 2.05) is 84.9 Å². The van der Waals surface area contributed by atoms with Crippen molar-refractivity contribution in [2.45, 2.75) is 44.6 Å². The van der Waals surface area contributed by atoms with Crippen molar-refractivity contribution in [1.29, 1.82) is 0 Å². The van der Waals surface area contributed by atoms with Gasteiger partial charge >= 0.3 is 5.97 Å². The minimum absolute atomic E-state index is 0.0253. The Morgan fingerprint density at radius 1 is 0.806 bits per heavy atom. The molecule has 0 aliphatic carbocycles. The first-order chi connectivity index (χ1) is 14.8. The molecular formula is C27H29NO3. The zero-order valence-corrected chi connectivity index (χ0v) is 18.2. The molecule has 0 heterocycles. The van der Waals surface area contributed by atoms with Crippen molar-refractivity contribution in [1.82, 2.24) is 5.32 Å². The highest BCUT2D eigenvalue weighted by Crippen LogP contribution is 2.25. The van der Waals surface area contributed by atoms with E-state index in [0.29, 0.717) is 0 Å². The Bertz CT molecular complexity index is 966. The lowest BCUT2D eigenvalue weighted by Crippen LogP contribution is -2.44. The van der Waals surface area contributed by atoms with Gasteiger partial charge in [0.1, 0.15) is 6.04 Å². The van der Waals surface area contributed by atoms with E-state index in [1.165, 1.54) is 5.56 Å². The van der Waals surface area contributed by atoms with Crippen molar-refractivity contribution < 1.29 is 14.7 Å². The Labute approximate surface area is 183 Å². The standard InChI is InChI=1S/C27H29NO3/c1-27(2,3)22-16-14-19(15-17-22)18-23(26(30)31)28-25(29)24(20-10-6-4-7-11-20)21-12-8-5-9-13-21/h4-17,23-24H,18H2,1-3H3,(H,28,29)(H,30,31)/t23-/m0/s1. The summed E-state index contributed by atoms with van der Waals surface area (Å²) in [5.41, 5.74) is 3.73. The van der Waals surface area contributed by atoms with Gasteiger partial charge in [-0.05, 0) is 27.7 Å². The molecule has 3 aromatic carbocycles. The maximum atomic E-state index is 13.3. The molecule has 0 aliphatic rings. The third-order valence-electron chi connectivity index (χ3n) is 5.40. The molecule has 4 nitrogen and oxygen atoms in total. The fourth-order valence-corrected chi connectivity index (χ4v) is 3.62. The summed E-state index contributed by atoms with van der Waals surface area (Å²) in [6.45, 7) is 6.40. The lowest BCUT2D eigenvalue weighted by Gasteiger charge is -2.22. The summed E-state index contributed by atoms with van der Waals surface area (Å²) in [4.78, 5) is 25.2. The lowest BCUT2D eigenvalue weighted by atomic mass is 9.86. The van der Waals surface area contributed by atoms with Gasteiger partial charge in [0.2, 0.25) is 5.91 Å².